The molecule has 1 spiro atoms. The first kappa shape index (κ1) is 81.5. The minimum Gasteiger partial charge on any atom is -0.496 e. The zero-order chi connectivity index (χ0) is 81.8. The van der Waals surface area contributed by atoms with Crippen molar-refractivity contribution in [2.24, 2.45) is 11.3 Å². The first-order valence-corrected chi connectivity index (χ1v) is 40.0. The molecule has 3 aromatic carbocycles. The Labute approximate surface area is 664 Å². The molecule has 38 nitrogen and oxygen atoms in total. The standard InChI is InChI=1S/C75H91N17O21S2/c1-6-71(107)28-37-29-74(68(105)110-5,56-43(34-90(32-37)36-71)42-11-8-9-12-46(42)80-56)45-26-44-49(27-50(45)109-4)89(3)65-73(44)18-20-91-19-10-17-72(7-2,64(73)91)66(103)75(65,108)67(104)86-87-70(106)112-23-24-114-115-35-48(61(99)100)82-59(97)47(25-40-33-92(88-85-40)21-22-111-63-54(95)52(93)53(94)55(113-63)62(101)102)81-58(96)38-13-15-39(16-14-38)77-30-41-31-78-57-51(79-41)60(98)84-69(76)83-57/h8-17,26-27,31,33,37,47-48,52-55,63-66,77,80,93-95,103,107-108H,6-7,18-25,28-30,32,34-36H2,1-5H3,(H,81,96)(H,82,97)(H,86,104)(H,87,106)(H,99,100)(H,101,102)(H3,76,78,83,84,98)/t37-,47+,48+,52+,53+,54?,55?,63-,64+,65-,66-,71+,72-,73-,74+,75+/m1/s1. The SMILES string of the molecule is CC[C@]1(O)C[C@H]2CN(Cc3c([nH]c4ccccc34)[C@@](C(=O)OC)(c3cc4c(cc3OC)N(C)[C@H]3[C@@](O)(C(=O)NNC(=O)OCCSSC[C@H](NC(=O)[C@H](Cc5cn(CCO[C@@H]6OC(C(=O)O)[C@@H](O)[C@H](O)C6O)nn5)NC(=O)c5ccc(NCc6cnc7nc(N)[nH]c(=O)c7n6)cc5)C(=O)O)[C@H](O)[C@]5(CC)C=CCN6CC[C@]43[C@@H]65)C2)C1. The third kappa shape index (κ3) is 14.8. The van der Waals surface area contributed by atoms with Gasteiger partial charge in [-0.1, -0.05) is 71.0 Å². The van der Waals surface area contributed by atoms with Crippen molar-refractivity contribution in [3.05, 3.63) is 135 Å². The van der Waals surface area contributed by atoms with Crippen LogP contribution in [0, 0.1) is 11.3 Å². The molecule has 40 heteroatoms. The van der Waals surface area contributed by atoms with E-state index in [1.807, 2.05) is 62.4 Å². The lowest BCUT2D eigenvalue weighted by atomic mass is 9.47. The van der Waals surface area contributed by atoms with E-state index >= 15 is 9.59 Å². The number of amides is 4. The van der Waals surface area contributed by atoms with E-state index in [0.717, 1.165) is 38.1 Å². The van der Waals surface area contributed by atoms with Crippen molar-refractivity contribution >= 4 is 103 Å². The van der Waals surface area contributed by atoms with Gasteiger partial charge in [-0.25, -0.2) is 34.5 Å². The number of hydrogen-bond acceptors (Lipinski definition) is 31. The number of carboxylic acids is 2. The number of hydrogen-bond donors (Lipinski definition) is 16. The highest BCUT2D eigenvalue weighted by atomic mass is 33.1. The number of methoxy groups -OCH3 is 2. The van der Waals surface area contributed by atoms with E-state index in [1.165, 1.54) is 43.4 Å². The fourth-order valence-electron chi connectivity index (χ4n) is 18.5. The van der Waals surface area contributed by atoms with Gasteiger partial charge in [0.1, 0.15) is 54.3 Å². The molecule has 17 N–H and O–H groups in total. The van der Waals surface area contributed by atoms with Crippen molar-refractivity contribution < 1.29 is 98.1 Å². The van der Waals surface area contributed by atoms with Gasteiger partial charge in [0.25, 0.3) is 17.4 Å². The molecule has 614 valence electrons. The molecule has 4 fully saturated rings. The number of anilines is 3. The van der Waals surface area contributed by atoms with Crippen LogP contribution in [0.15, 0.2) is 90.0 Å². The fourth-order valence-corrected chi connectivity index (χ4v) is 20.5. The minimum atomic E-state index is -2.69. The maximum atomic E-state index is 15.5. The van der Waals surface area contributed by atoms with Crippen molar-refractivity contribution in [1.29, 1.82) is 0 Å². The molecular weight excluding hydrogens is 1540 g/mol. The smallest absolute Gasteiger partial charge is 0.426 e. The Hall–Kier alpha value is -10.1. The first-order chi connectivity index (χ1) is 55.0. The summed E-state index contributed by atoms with van der Waals surface area (Å²) < 4.78 is 29.7. The Bertz CT molecular complexity index is 5000. The van der Waals surface area contributed by atoms with Gasteiger partial charge in [0, 0.05) is 119 Å². The average molecular weight is 1630 g/mol. The Kier molecular flexibility index (Phi) is 23.0. The number of nitrogens with zero attached hydrogens (tertiary/aromatic N) is 9. The number of ether oxygens (including phenoxy) is 5. The van der Waals surface area contributed by atoms with Crippen LogP contribution in [0.2, 0.25) is 0 Å². The number of benzene rings is 3. The molecule has 10 heterocycles. The Morgan fingerprint density at radius 1 is 0.870 bits per heavy atom. The number of hydrazine groups is 1. The van der Waals surface area contributed by atoms with Gasteiger partial charge in [-0.15, -0.1) is 5.10 Å². The Morgan fingerprint density at radius 3 is 2.39 bits per heavy atom. The molecule has 17 atom stereocenters. The summed E-state index contributed by atoms with van der Waals surface area (Å²) in [5, 5.41) is 107. The van der Waals surface area contributed by atoms with Crippen LogP contribution in [0.25, 0.3) is 22.1 Å². The monoisotopic (exact) mass is 1630 g/mol. The predicted molar refractivity (Wildman–Crippen MR) is 412 cm³/mol. The number of para-hydroxylation sites is 1. The van der Waals surface area contributed by atoms with Crippen molar-refractivity contribution in [2.75, 3.05) is 88.1 Å². The Morgan fingerprint density at radius 2 is 1.65 bits per heavy atom. The highest BCUT2D eigenvalue weighted by molar-refractivity contribution is 8.76. The molecule has 1 saturated carbocycles. The fraction of sp³-hybridized carbons (Fsp3) is 0.507. The normalized spacial score (nSPS) is 29.0. The molecule has 1 aliphatic carbocycles. The lowest BCUT2D eigenvalue weighted by molar-refractivity contribution is -0.294. The van der Waals surface area contributed by atoms with E-state index in [1.54, 1.807) is 24.1 Å². The molecule has 3 saturated heterocycles. The molecule has 4 aromatic heterocycles. The van der Waals surface area contributed by atoms with E-state index in [4.69, 9.17) is 29.4 Å². The van der Waals surface area contributed by atoms with Gasteiger partial charge >= 0.3 is 24.0 Å². The number of piperidine rings is 1. The molecule has 0 radical (unpaired) electrons. The van der Waals surface area contributed by atoms with Crippen LogP contribution < -0.4 is 47.7 Å². The van der Waals surface area contributed by atoms with Crippen LogP contribution in [-0.4, -0.2) is 277 Å². The van der Waals surface area contributed by atoms with Crippen LogP contribution in [0.5, 0.6) is 5.75 Å². The number of likely N-dealkylation sites (N-methyl/N-ethyl adjacent to an activating group) is 1. The van der Waals surface area contributed by atoms with Gasteiger partial charge in [0.2, 0.25) is 11.9 Å². The molecule has 7 aliphatic rings. The van der Waals surface area contributed by atoms with Crippen LogP contribution in [0.3, 0.4) is 0 Å². The van der Waals surface area contributed by atoms with Crippen LogP contribution in [0.1, 0.15) is 90.1 Å². The molecule has 4 amide bonds. The number of esters is 1. The first-order valence-electron chi connectivity index (χ1n) is 37.6. The number of aromatic nitrogens is 8. The lowest BCUT2D eigenvalue weighted by Gasteiger charge is -2.63. The van der Waals surface area contributed by atoms with Crippen molar-refractivity contribution in [3.8, 4) is 5.75 Å². The number of aliphatic carboxylic acids is 2. The van der Waals surface area contributed by atoms with E-state index in [9.17, 15) is 69.6 Å². The molecule has 3 unspecified atom stereocenters. The molecule has 2 bridgehead atoms. The van der Waals surface area contributed by atoms with E-state index in [0.29, 0.717) is 91.6 Å². The zero-order valence-electron chi connectivity index (χ0n) is 63.3. The highest BCUT2D eigenvalue weighted by Crippen LogP contribution is 2.68. The molecule has 14 rings (SSSR count). The maximum absolute atomic E-state index is 15.5. The summed E-state index contributed by atoms with van der Waals surface area (Å²) in [6.07, 6.45) is -4.20. The second kappa shape index (κ2) is 32.5. The number of nitrogens with two attached hydrogens (primary N) is 1. The molecule has 7 aromatic rings. The van der Waals surface area contributed by atoms with E-state index < -0.39 is 136 Å². The minimum absolute atomic E-state index is 0.0279. The third-order valence-electron chi connectivity index (χ3n) is 23.7. The van der Waals surface area contributed by atoms with Gasteiger partial charge < -0.3 is 96.1 Å². The summed E-state index contributed by atoms with van der Waals surface area (Å²) in [6, 6.07) is 12.9. The number of carboxylic acid groups (broad SMARTS) is 2. The number of carbonyl (C=O) groups is 7. The molecule has 6 aliphatic heterocycles. The number of fused-ring (bicyclic) bond motifs is 7. The van der Waals surface area contributed by atoms with Crippen LogP contribution in [0.4, 0.5) is 22.1 Å². The van der Waals surface area contributed by atoms with Gasteiger partial charge in [0.05, 0.1) is 63.1 Å². The predicted octanol–water partition coefficient (Wildman–Crippen LogP) is -0.325. The topological polar surface area (TPSA) is 541 Å². The van der Waals surface area contributed by atoms with Crippen molar-refractivity contribution in [3.63, 3.8) is 0 Å². The zero-order valence-corrected chi connectivity index (χ0v) is 64.9. The highest BCUT2D eigenvalue weighted by Gasteiger charge is 2.79. The maximum Gasteiger partial charge on any atom is 0.426 e. The largest absolute Gasteiger partial charge is 0.496 e. The number of nitrogen functional groups attached to an aromatic ring is 1. The second-order valence-electron chi connectivity index (χ2n) is 30.3. The van der Waals surface area contributed by atoms with Gasteiger partial charge in [-0.05, 0) is 92.1 Å². The van der Waals surface area contributed by atoms with Crippen molar-refractivity contribution in [1.82, 2.24) is 71.2 Å². The third-order valence-corrected chi connectivity index (χ3v) is 26.0. The molecular formula is C75H91N17O21S2. The summed E-state index contributed by atoms with van der Waals surface area (Å²) in [5.41, 5.74) is 7.11. The van der Waals surface area contributed by atoms with Crippen LogP contribution >= 0.6 is 21.6 Å². The van der Waals surface area contributed by atoms with Gasteiger partial charge in [-0.3, -0.25) is 44.2 Å². The lowest BCUT2D eigenvalue weighted by Crippen LogP contribution is -2.82. The van der Waals surface area contributed by atoms with Crippen LogP contribution in [-0.2, 0) is 79.8 Å². The van der Waals surface area contributed by atoms with E-state index in [-0.39, 0.29) is 91.4 Å². The number of H-pyrrole nitrogens is 2. The van der Waals surface area contributed by atoms with Gasteiger partial charge in [-0.2, -0.15) is 4.98 Å². The quantitative estimate of drug-likeness (QED) is 0.0103. The molecule has 115 heavy (non-hydrogen) atoms. The van der Waals surface area contributed by atoms with Gasteiger partial charge in [0.15, 0.2) is 29.2 Å². The summed E-state index contributed by atoms with van der Waals surface area (Å²) in [6.45, 7) is 5.67. The average Bonchev–Trinajstić information content (AvgIpc) is 1.50. The number of aromatic amines is 2. The summed E-state index contributed by atoms with van der Waals surface area (Å²) in [7, 11) is 6.67. The summed E-state index contributed by atoms with van der Waals surface area (Å²) >= 11 is 0. The second-order valence-corrected chi connectivity index (χ2v) is 32.9. The van der Waals surface area contributed by atoms with Crippen molar-refractivity contribution in [2.45, 2.75) is 155 Å². The summed E-state index contributed by atoms with van der Waals surface area (Å²) in [4.78, 5) is 134. The number of carbonyl (C=O) groups excluding carboxylic acids is 5. The number of aliphatic hydroxyl groups is 6. The number of nitrogens with one attached hydrogen (secondary N) is 7. The number of rotatable bonds is 27. The Balaban J connectivity index is 0.639. The van der Waals surface area contributed by atoms with E-state index in [2.05, 4.69) is 71.8 Å². The summed E-state index contributed by atoms with van der Waals surface area (Å²) in [5.74, 6) is -6.72. The number of aliphatic hydroxyl groups excluding tert-OH is 4.